The van der Waals surface area contributed by atoms with Gasteiger partial charge in [0.05, 0.1) is 0 Å². The Morgan fingerprint density at radius 1 is 1.08 bits per heavy atom. The topological polar surface area (TPSA) is 12.0 Å². The Bertz CT molecular complexity index is 99.2. The van der Waals surface area contributed by atoms with E-state index in [1.807, 2.05) is 7.05 Å². The van der Waals surface area contributed by atoms with Gasteiger partial charge in [0.2, 0.25) is 0 Å². The number of nitrogens with one attached hydrogen (secondary N) is 1. The lowest BCUT2D eigenvalue weighted by atomic mass is 9.87. The molecule has 0 aliphatic rings. The van der Waals surface area contributed by atoms with Gasteiger partial charge in [-0.1, -0.05) is 27.7 Å². The second-order valence-electron chi connectivity index (χ2n) is 4.45. The van der Waals surface area contributed by atoms with Gasteiger partial charge in [0.25, 0.3) is 0 Å². The second-order valence-corrected chi connectivity index (χ2v) is 4.45. The highest BCUT2D eigenvalue weighted by atomic mass is 14.8. The van der Waals surface area contributed by atoms with Crippen LogP contribution in [0.3, 0.4) is 0 Å². The van der Waals surface area contributed by atoms with Gasteiger partial charge in [-0.15, -0.1) is 0 Å². The average Bonchev–Trinajstić information content (AvgIpc) is 2.00. The molecular weight excluding hydrogens is 146 g/mol. The molecule has 0 aromatic carbocycles. The van der Waals surface area contributed by atoms with Gasteiger partial charge in [-0.25, -0.2) is 0 Å². The first-order valence-electron chi connectivity index (χ1n) is 5.22. The van der Waals surface area contributed by atoms with Crippen LogP contribution >= 0.6 is 0 Å². The van der Waals surface area contributed by atoms with Crippen molar-refractivity contribution < 1.29 is 0 Å². The third kappa shape index (κ3) is 5.59. The van der Waals surface area contributed by atoms with Crippen LogP contribution in [0.25, 0.3) is 0 Å². The van der Waals surface area contributed by atoms with Gasteiger partial charge in [0.15, 0.2) is 0 Å². The Kier molecular flexibility index (Phi) is 6.45. The SMILES string of the molecule is CNCCC(C)CC(C)C(C)C. The normalized spacial score (nSPS) is 16.5. The van der Waals surface area contributed by atoms with Gasteiger partial charge < -0.3 is 5.32 Å². The predicted molar refractivity (Wildman–Crippen MR) is 56.3 cm³/mol. The lowest BCUT2D eigenvalue weighted by Gasteiger charge is -2.20. The molecule has 0 saturated carbocycles. The Labute approximate surface area is 77.9 Å². The third-order valence-electron chi connectivity index (χ3n) is 2.80. The molecule has 0 radical (unpaired) electrons. The van der Waals surface area contributed by atoms with E-state index < -0.39 is 0 Å². The van der Waals surface area contributed by atoms with Crippen LogP contribution in [0, 0.1) is 17.8 Å². The molecule has 0 spiro atoms. The van der Waals surface area contributed by atoms with E-state index in [1.54, 1.807) is 0 Å². The van der Waals surface area contributed by atoms with Crippen LogP contribution in [0.15, 0.2) is 0 Å². The van der Waals surface area contributed by atoms with E-state index in [0.717, 1.165) is 24.3 Å². The summed E-state index contributed by atoms with van der Waals surface area (Å²) < 4.78 is 0. The fourth-order valence-electron chi connectivity index (χ4n) is 1.42. The lowest BCUT2D eigenvalue weighted by Crippen LogP contribution is -2.15. The van der Waals surface area contributed by atoms with E-state index in [4.69, 9.17) is 0 Å². The number of hydrogen-bond donors (Lipinski definition) is 1. The fraction of sp³-hybridized carbons (Fsp3) is 1.00. The largest absolute Gasteiger partial charge is 0.320 e. The molecule has 0 rings (SSSR count). The van der Waals surface area contributed by atoms with Crippen LogP contribution in [-0.4, -0.2) is 13.6 Å². The fourth-order valence-corrected chi connectivity index (χ4v) is 1.42. The summed E-state index contributed by atoms with van der Waals surface area (Å²) in [5.41, 5.74) is 0. The zero-order valence-electron chi connectivity index (χ0n) is 9.35. The molecule has 0 fully saturated rings. The molecule has 0 aromatic rings. The van der Waals surface area contributed by atoms with E-state index in [1.165, 1.54) is 12.8 Å². The summed E-state index contributed by atoms with van der Waals surface area (Å²) in [6, 6.07) is 0. The van der Waals surface area contributed by atoms with Crippen LogP contribution in [-0.2, 0) is 0 Å². The maximum atomic E-state index is 3.20. The number of rotatable bonds is 6. The Morgan fingerprint density at radius 2 is 1.67 bits per heavy atom. The summed E-state index contributed by atoms with van der Waals surface area (Å²) in [5.74, 6) is 2.58. The van der Waals surface area contributed by atoms with Crippen molar-refractivity contribution in [2.24, 2.45) is 17.8 Å². The standard InChI is InChI=1S/C11H25N/c1-9(2)11(4)8-10(3)6-7-12-5/h9-12H,6-8H2,1-5H3. The molecule has 12 heavy (non-hydrogen) atoms. The molecule has 2 unspecified atom stereocenters. The molecule has 2 atom stereocenters. The molecule has 0 aliphatic heterocycles. The van der Waals surface area contributed by atoms with Crippen LogP contribution < -0.4 is 5.32 Å². The molecule has 0 saturated heterocycles. The highest BCUT2D eigenvalue weighted by molar-refractivity contribution is 4.63. The van der Waals surface area contributed by atoms with Gasteiger partial charge >= 0.3 is 0 Å². The van der Waals surface area contributed by atoms with E-state index >= 15 is 0 Å². The molecule has 0 amide bonds. The van der Waals surface area contributed by atoms with Crippen molar-refractivity contribution >= 4 is 0 Å². The van der Waals surface area contributed by atoms with Gasteiger partial charge in [-0.3, -0.25) is 0 Å². The van der Waals surface area contributed by atoms with E-state index in [2.05, 4.69) is 33.0 Å². The van der Waals surface area contributed by atoms with Gasteiger partial charge in [-0.2, -0.15) is 0 Å². The zero-order valence-corrected chi connectivity index (χ0v) is 9.35. The van der Waals surface area contributed by atoms with Crippen molar-refractivity contribution in [2.75, 3.05) is 13.6 Å². The molecule has 1 heteroatoms. The van der Waals surface area contributed by atoms with Crippen molar-refractivity contribution in [2.45, 2.75) is 40.5 Å². The minimum atomic E-state index is 0.835. The van der Waals surface area contributed by atoms with Crippen LogP contribution in [0.2, 0.25) is 0 Å². The average molecular weight is 171 g/mol. The first kappa shape index (κ1) is 12.0. The van der Waals surface area contributed by atoms with Crippen molar-refractivity contribution in [1.29, 1.82) is 0 Å². The van der Waals surface area contributed by atoms with Crippen molar-refractivity contribution in [3.63, 3.8) is 0 Å². The Hall–Kier alpha value is -0.0400. The summed E-state index contributed by atoms with van der Waals surface area (Å²) in [4.78, 5) is 0. The van der Waals surface area contributed by atoms with Crippen LogP contribution in [0.5, 0.6) is 0 Å². The third-order valence-corrected chi connectivity index (χ3v) is 2.80. The van der Waals surface area contributed by atoms with Gasteiger partial charge in [0.1, 0.15) is 0 Å². The highest BCUT2D eigenvalue weighted by Gasteiger charge is 2.11. The van der Waals surface area contributed by atoms with Crippen LogP contribution in [0.4, 0.5) is 0 Å². The molecule has 0 heterocycles. The number of hydrogen-bond acceptors (Lipinski definition) is 1. The highest BCUT2D eigenvalue weighted by Crippen LogP contribution is 2.20. The zero-order chi connectivity index (χ0) is 9.56. The van der Waals surface area contributed by atoms with Crippen molar-refractivity contribution in [1.82, 2.24) is 5.32 Å². The molecule has 74 valence electrons. The maximum Gasteiger partial charge on any atom is -0.00494 e. The molecule has 0 bridgehead atoms. The summed E-state index contributed by atoms with van der Waals surface area (Å²) in [6.07, 6.45) is 2.69. The van der Waals surface area contributed by atoms with E-state index in [9.17, 15) is 0 Å². The Morgan fingerprint density at radius 3 is 2.08 bits per heavy atom. The molecule has 1 N–H and O–H groups in total. The minimum absolute atomic E-state index is 0.835. The lowest BCUT2D eigenvalue weighted by molar-refractivity contribution is 0.320. The maximum absolute atomic E-state index is 3.20. The van der Waals surface area contributed by atoms with E-state index in [0.29, 0.717) is 0 Å². The molecule has 0 aromatic heterocycles. The minimum Gasteiger partial charge on any atom is -0.320 e. The predicted octanol–water partition coefficient (Wildman–Crippen LogP) is 2.91. The smallest absolute Gasteiger partial charge is 0.00494 e. The van der Waals surface area contributed by atoms with E-state index in [-0.39, 0.29) is 0 Å². The first-order valence-corrected chi connectivity index (χ1v) is 5.22. The van der Waals surface area contributed by atoms with Gasteiger partial charge in [-0.05, 0) is 44.2 Å². The second kappa shape index (κ2) is 6.47. The molecule has 1 nitrogen and oxygen atoms in total. The monoisotopic (exact) mass is 171 g/mol. The summed E-state index contributed by atoms with van der Waals surface area (Å²) in [6.45, 7) is 10.5. The summed E-state index contributed by atoms with van der Waals surface area (Å²) in [7, 11) is 2.03. The van der Waals surface area contributed by atoms with Crippen LogP contribution in [0.1, 0.15) is 40.5 Å². The summed E-state index contributed by atoms with van der Waals surface area (Å²) >= 11 is 0. The Balaban J connectivity index is 3.47. The summed E-state index contributed by atoms with van der Waals surface area (Å²) in [5, 5.41) is 3.20. The first-order chi connectivity index (χ1) is 5.57. The van der Waals surface area contributed by atoms with Gasteiger partial charge in [0, 0.05) is 0 Å². The molecule has 0 aliphatic carbocycles. The van der Waals surface area contributed by atoms with Crippen molar-refractivity contribution in [3.8, 4) is 0 Å². The van der Waals surface area contributed by atoms with Crippen molar-refractivity contribution in [3.05, 3.63) is 0 Å². The quantitative estimate of drug-likeness (QED) is 0.648. The molecular formula is C11H25N.